The first-order chi connectivity index (χ1) is 6.66. The molecule has 0 aliphatic rings. The first-order valence-corrected chi connectivity index (χ1v) is 4.74. The van der Waals surface area contributed by atoms with E-state index in [0.717, 1.165) is 7.05 Å². The van der Waals surface area contributed by atoms with Crippen LogP contribution in [0.4, 0.5) is 13.2 Å². The van der Waals surface area contributed by atoms with Gasteiger partial charge in [0.1, 0.15) is 0 Å². The smallest absolute Gasteiger partial charge is 0.338 e. The summed E-state index contributed by atoms with van der Waals surface area (Å²) >= 11 is 0. The minimum Gasteiger partial charge on any atom is -0.338 e. The van der Waals surface area contributed by atoms with Crippen molar-refractivity contribution in [1.82, 2.24) is 4.90 Å². The van der Waals surface area contributed by atoms with E-state index in [0.29, 0.717) is 11.3 Å². The van der Waals surface area contributed by atoms with Crippen molar-refractivity contribution in [3.8, 4) is 0 Å². The molecule has 0 saturated carbocycles. The van der Waals surface area contributed by atoms with Gasteiger partial charge in [-0.3, -0.25) is 4.79 Å². The summed E-state index contributed by atoms with van der Waals surface area (Å²) in [6.07, 6.45) is -4.42. The zero-order valence-electron chi connectivity index (χ0n) is 9.14. The molecule has 0 bridgehead atoms. The van der Waals surface area contributed by atoms with Crippen LogP contribution in [0.2, 0.25) is 0 Å². The highest BCUT2D eigenvalue weighted by molar-refractivity contribution is 5.81. The number of carbonyl (C=O) groups excluding carboxylic acids is 1. The maximum absolute atomic E-state index is 12.0. The molecule has 0 unspecified atom stereocenters. The predicted molar refractivity (Wildman–Crippen MR) is 51.1 cm³/mol. The Morgan fingerprint density at radius 3 is 2.20 bits per heavy atom. The summed E-state index contributed by atoms with van der Waals surface area (Å²) in [7, 11) is 1.13. The van der Waals surface area contributed by atoms with Crippen LogP contribution in [0.1, 0.15) is 20.3 Å². The number of carbonyl (C=O) groups is 1. The summed E-state index contributed by atoms with van der Waals surface area (Å²) in [5, 5.41) is 0. The molecule has 6 heteroatoms. The lowest BCUT2D eigenvalue weighted by atomic mass is 10.0. The quantitative estimate of drug-likeness (QED) is 0.787. The largest absolute Gasteiger partial charge is 0.471 e. The third kappa shape index (κ3) is 5.01. The van der Waals surface area contributed by atoms with E-state index >= 15 is 0 Å². The van der Waals surface area contributed by atoms with Crippen molar-refractivity contribution in [1.29, 1.82) is 0 Å². The minimum absolute atomic E-state index is 0.0255. The molecule has 0 heterocycles. The van der Waals surface area contributed by atoms with Crippen LogP contribution in [-0.4, -0.2) is 36.6 Å². The van der Waals surface area contributed by atoms with Gasteiger partial charge in [0.25, 0.3) is 0 Å². The van der Waals surface area contributed by atoms with Gasteiger partial charge in [-0.25, -0.2) is 0 Å². The molecule has 0 aromatic carbocycles. The first-order valence-electron chi connectivity index (χ1n) is 4.74. The van der Waals surface area contributed by atoms with Crippen molar-refractivity contribution < 1.29 is 18.0 Å². The molecule has 0 aromatic heterocycles. The highest BCUT2D eigenvalue weighted by atomic mass is 19.4. The van der Waals surface area contributed by atoms with Crippen molar-refractivity contribution >= 4 is 5.91 Å². The van der Waals surface area contributed by atoms with Crippen LogP contribution in [0.3, 0.4) is 0 Å². The average Bonchev–Trinajstić information content (AvgIpc) is 2.10. The van der Waals surface area contributed by atoms with Gasteiger partial charge in [0.15, 0.2) is 0 Å². The van der Waals surface area contributed by atoms with E-state index in [1.54, 1.807) is 0 Å². The van der Waals surface area contributed by atoms with Gasteiger partial charge in [-0.2, -0.15) is 13.2 Å². The zero-order valence-corrected chi connectivity index (χ0v) is 9.14. The van der Waals surface area contributed by atoms with Crippen LogP contribution >= 0.6 is 0 Å². The molecule has 0 rings (SSSR count). The number of hydrogen-bond acceptors (Lipinski definition) is 2. The van der Waals surface area contributed by atoms with Crippen molar-refractivity contribution in [2.75, 3.05) is 13.6 Å². The summed E-state index contributed by atoms with van der Waals surface area (Å²) in [5.41, 5.74) is 5.65. The maximum atomic E-state index is 12.0. The van der Waals surface area contributed by atoms with Gasteiger partial charge >= 0.3 is 12.1 Å². The zero-order chi connectivity index (χ0) is 12.2. The Morgan fingerprint density at radius 1 is 1.40 bits per heavy atom. The van der Waals surface area contributed by atoms with Gasteiger partial charge in [0.2, 0.25) is 0 Å². The Morgan fingerprint density at radius 2 is 1.87 bits per heavy atom. The predicted octanol–water partition coefficient (Wildman–Crippen LogP) is 1.38. The van der Waals surface area contributed by atoms with Gasteiger partial charge in [0.05, 0.1) is 0 Å². The molecule has 1 atom stereocenters. The van der Waals surface area contributed by atoms with E-state index < -0.39 is 12.1 Å². The van der Waals surface area contributed by atoms with Crippen molar-refractivity contribution in [3.63, 3.8) is 0 Å². The lowest BCUT2D eigenvalue weighted by Crippen LogP contribution is -2.41. The van der Waals surface area contributed by atoms with E-state index in [4.69, 9.17) is 5.73 Å². The first kappa shape index (κ1) is 14.2. The molecule has 2 N–H and O–H groups in total. The molecule has 90 valence electrons. The number of rotatable bonds is 4. The van der Waals surface area contributed by atoms with Gasteiger partial charge < -0.3 is 10.6 Å². The lowest BCUT2D eigenvalue weighted by Gasteiger charge is -2.22. The van der Waals surface area contributed by atoms with Crippen molar-refractivity contribution in [3.05, 3.63) is 0 Å². The molecule has 0 fully saturated rings. The van der Waals surface area contributed by atoms with E-state index in [1.165, 1.54) is 0 Å². The van der Waals surface area contributed by atoms with E-state index in [-0.39, 0.29) is 18.5 Å². The number of nitrogens with two attached hydrogens (primary N) is 1. The van der Waals surface area contributed by atoms with Crippen LogP contribution in [0.5, 0.6) is 0 Å². The topological polar surface area (TPSA) is 46.3 Å². The Kier molecular flexibility index (Phi) is 5.07. The fourth-order valence-electron chi connectivity index (χ4n) is 0.994. The third-order valence-electron chi connectivity index (χ3n) is 2.24. The molecular weight excluding hydrogens is 209 g/mol. The summed E-state index contributed by atoms with van der Waals surface area (Å²) in [6.45, 7) is 3.80. The summed E-state index contributed by atoms with van der Waals surface area (Å²) in [5.74, 6) is -1.63. The second-order valence-corrected chi connectivity index (χ2v) is 3.92. The van der Waals surface area contributed by atoms with Gasteiger partial charge in [-0.15, -0.1) is 0 Å². The van der Waals surface area contributed by atoms with E-state index in [2.05, 4.69) is 0 Å². The SMILES string of the molecule is CC(C)[C@@H](N)CCN(C)C(=O)C(F)(F)F. The number of hydrogen-bond donors (Lipinski definition) is 1. The fourth-order valence-corrected chi connectivity index (χ4v) is 0.994. The average molecular weight is 226 g/mol. The summed E-state index contributed by atoms with van der Waals surface area (Å²) in [4.78, 5) is 11.4. The van der Waals surface area contributed by atoms with Gasteiger partial charge in [0, 0.05) is 19.6 Å². The standard InChI is InChI=1S/C9H17F3N2O/c1-6(2)7(13)4-5-14(3)8(15)9(10,11)12/h6-7H,4-5,13H2,1-3H3/t7-/m0/s1. The number of amides is 1. The molecule has 15 heavy (non-hydrogen) atoms. The number of nitrogens with zero attached hydrogens (tertiary/aromatic N) is 1. The summed E-state index contributed by atoms with van der Waals surface area (Å²) < 4.78 is 35.9. The molecule has 0 saturated heterocycles. The van der Waals surface area contributed by atoms with Gasteiger partial charge in [-0.1, -0.05) is 13.8 Å². The Hall–Kier alpha value is -0.780. The van der Waals surface area contributed by atoms with Crippen LogP contribution in [0, 0.1) is 5.92 Å². The minimum atomic E-state index is -4.79. The lowest BCUT2D eigenvalue weighted by molar-refractivity contribution is -0.184. The number of halogens is 3. The highest BCUT2D eigenvalue weighted by Gasteiger charge is 2.41. The molecule has 3 nitrogen and oxygen atoms in total. The third-order valence-corrected chi connectivity index (χ3v) is 2.24. The van der Waals surface area contributed by atoms with Gasteiger partial charge in [-0.05, 0) is 12.3 Å². The van der Waals surface area contributed by atoms with Crippen LogP contribution in [0.15, 0.2) is 0 Å². The molecule has 0 aliphatic carbocycles. The van der Waals surface area contributed by atoms with Crippen molar-refractivity contribution in [2.45, 2.75) is 32.5 Å². The molecule has 0 radical (unpaired) electrons. The Balaban J connectivity index is 4.05. The Bertz CT molecular complexity index is 216. The molecule has 0 spiro atoms. The maximum Gasteiger partial charge on any atom is 0.471 e. The van der Waals surface area contributed by atoms with Crippen LogP contribution in [-0.2, 0) is 4.79 Å². The monoisotopic (exact) mass is 226 g/mol. The van der Waals surface area contributed by atoms with E-state index in [1.807, 2.05) is 13.8 Å². The second kappa shape index (κ2) is 5.34. The molecular formula is C9H17F3N2O. The van der Waals surface area contributed by atoms with Crippen LogP contribution in [0.25, 0.3) is 0 Å². The normalized spacial score (nSPS) is 14.1. The molecule has 0 aliphatic heterocycles. The van der Waals surface area contributed by atoms with Crippen LogP contribution < -0.4 is 5.73 Å². The summed E-state index contributed by atoms with van der Waals surface area (Å²) in [6, 6.07) is -0.187. The van der Waals surface area contributed by atoms with E-state index in [9.17, 15) is 18.0 Å². The Labute approximate surface area is 87.4 Å². The molecule has 0 aromatic rings. The number of alkyl halides is 3. The van der Waals surface area contributed by atoms with Crippen molar-refractivity contribution in [2.24, 2.45) is 11.7 Å². The second-order valence-electron chi connectivity index (χ2n) is 3.92. The highest BCUT2D eigenvalue weighted by Crippen LogP contribution is 2.17. The molecule has 1 amide bonds. The fraction of sp³-hybridized carbons (Fsp3) is 0.889.